The number of nitrogens with zero attached hydrogens (tertiary/aromatic N) is 6. The van der Waals surface area contributed by atoms with Gasteiger partial charge in [-0.2, -0.15) is 0 Å². The van der Waals surface area contributed by atoms with Crippen LogP contribution in [0.4, 0.5) is 5.69 Å². The van der Waals surface area contributed by atoms with Crippen molar-refractivity contribution in [2.75, 3.05) is 11.4 Å². The molecular weight excluding hydrogens is 246 g/mol. The van der Waals surface area contributed by atoms with E-state index in [-0.39, 0.29) is 5.84 Å². The molecule has 0 aliphatic carbocycles. The van der Waals surface area contributed by atoms with Crippen LogP contribution in [0.15, 0.2) is 29.8 Å². The highest BCUT2D eigenvalue weighted by Gasteiger charge is 2.18. The summed E-state index contributed by atoms with van der Waals surface area (Å²) in [6.07, 6.45) is 3.38. The van der Waals surface area contributed by atoms with Crippen molar-refractivity contribution in [1.82, 2.24) is 19.7 Å². The molecule has 0 aromatic carbocycles. The van der Waals surface area contributed by atoms with E-state index in [1.165, 1.54) is 0 Å². The standard InChI is InChI=1S/C11H13N7O/c12-11(16-19)9-5-8(1-2-13-9)17-3-4-18-7-14-15-10(18)6-17/h1-2,5,7,19H,3-4,6H2,(H2,12,16). The number of hydrogen-bond donors (Lipinski definition) is 2. The lowest BCUT2D eigenvalue weighted by Gasteiger charge is -2.29. The normalized spacial score (nSPS) is 15.4. The number of nitrogens with two attached hydrogens (primary N) is 1. The van der Waals surface area contributed by atoms with Gasteiger partial charge in [0.25, 0.3) is 0 Å². The summed E-state index contributed by atoms with van der Waals surface area (Å²) in [6, 6.07) is 3.68. The highest BCUT2D eigenvalue weighted by molar-refractivity contribution is 5.95. The molecule has 8 heteroatoms. The van der Waals surface area contributed by atoms with Gasteiger partial charge in [-0.1, -0.05) is 5.16 Å². The number of oxime groups is 1. The molecule has 19 heavy (non-hydrogen) atoms. The molecule has 98 valence electrons. The molecule has 3 heterocycles. The summed E-state index contributed by atoms with van der Waals surface area (Å²) in [6.45, 7) is 2.37. The molecule has 0 saturated heterocycles. The molecule has 0 bridgehead atoms. The first kappa shape index (κ1) is 11.5. The van der Waals surface area contributed by atoms with Crippen LogP contribution in [0, 0.1) is 0 Å². The van der Waals surface area contributed by atoms with Gasteiger partial charge in [0, 0.05) is 25.0 Å². The Hall–Kier alpha value is -2.64. The minimum Gasteiger partial charge on any atom is -0.409 e. The summed E-state index contributed by atoms with van der Waals surface area (Å²) in [5.74, 6) is 0.926. The van der Waals surface area contributed by atoms with E-state index < -0.39 is 0 Å². The van der Waals surface area contributed by atoms with Crippen molar-refractivity contribution in [2.45, 2.75) is 13.1 Å². The van der Waals surface area contributed by atoms with E-state index in [2.05, 4.69) is 25.2 Å². The predicted octanol–water partition coefficient (Wildman–Crippen LogP) is -0.212. The molecule has 0 amide bonds. The Kier molecular flexibility index (Phi) is 2.75. The van der Waals surface area contributed by atoms with Crippen LogP contribution in [0.1, 0.15) is 11.5 Å². The zero-order valence-electron chi connectivity index (χ0n) is 10.1. The summed E-state index contributed by atoms with van der Waals surface area (Å²) in [7, 11) is 0. The Morgan fingerprint density at radius 1 is 1.42 bits per heavy atom. The SMILES string of the molecule is NC(=NO)c1cc(N2CCn3cnnc3C2)ccn1. The lowest BCUT2D eigenvalue weighted by molar-refractivity contribution is 0.318. The molecule has 0 fully saturated rings. The van der Waals surface area contributed by atoms with Gasteiger partial charge in [-0.15, -0.1) is 10.2 Å². The molecule has 0 atom stereocenters. The largest absolute Gasteiger partial charge is 0.409 e. The van der Waals surface area contributed by atoms with Crippen LogP contribution >= 0.6 is 0 Å². The molecule has 3 rings (SSSR count). The van der Waals surface area contributed by atoms with Gasteiger partial charge in [0.05, 0.1) is 6.54 Å². The van der Waals surface area contributed by atoms with Crippen LogP contribution in [0.25, 0.3) is 0 Å². The topological polar surface area (TPSA) is 105 Å². The van der Waals surface area contributed by atoms with E-state index in [4.69, 9.17) is 10.9 Å². The van der Waals surface area contributed by atoms with Crippen LogP contribution in [0.3, 0.4) is 0 Å². The quantitative estimate of drug-likeness (QED) is 0.334. The highest BCUT2D eigenvalue weighted by atomic mass is 16.4. The summed E-state index contributed by atoms with van der Waals surface area (Å²) in [5, 5.41) is 19.6. The van der Waals surface area contributed by atoms with Gasteiger partial charge in [-0.25, -0.2) is 0 Å². The maximum Gasteiger partial charge on any atom is 0.188 e. The molecule has 1 aliphatic heterocycles. The van der Waals surface area contributed by atoms with E-state index in [1.54, 1.807) is 18.6 Å². The summed E-state index contributed by atoms with van der Waals surface area (Å²) >= 11 is 0. The van der Waals surface area contributed by atoms with Crippen molar-refractivity contribution < 1.29 is 5.21 Å². The fraction of sp³-hybridized carbons (Fsp3) is 0.273. The van der Waals surface area contributed by atoms with Gasteiger partial charge >= 0.3 is 0 Å². The van der Waals surface area contributed by atoms with Gasteiger partial charge in [-0.3, -0.25) is 4.98 Å². The van der Waals surface area contributed by atoms with Crippen LogP contribution in [-0.2, 0) is 13.1 Å². The number of hydrogen-bond acceptors (Lipinski definition) is 6. The predicted molar refractivity (Wildman–Crippen MR) is 67.8 cm³/mol. The number of rotatable bonds is 2. The zero-order valence-corrected chi connectivity index (χ0v) is 10.1. The van der Waals surface area contributed by atoms with Crippen molar-refractivity contribution in [3.63, 3.8) is 0 Å². The second kappa shape index (κ2) is 4.56. The Morgan fingerprint density at radius 2 is 2.32 bits per heavy atom. The van der Waals surface area contributed by atoms with Crippen LogP contribution in [0.5, 0.6) is 0 Å². The van der Waals surface area contributed by atoms with E-state index in [9.17, 15) is 0 Å². The second-order valence-corrected chi connectivity index (χ2v) is 4.25. The molecule has 0 spiro atoms. The molecule has 0 unspecified atom stereocenters. The molecular formula is C11H13N7O. The molecule has 0 radical (unpaired) electrons. The Labute approximate surface area is 109 Å². The third-order valence-corrected chi connectivity index (χ3v) is 3.12. The number of anilines is 1. The van der Waals surface area contributed by atoms with Crippen molar-refractivity contribution in [1.29, 1.82) is 0 Å². The van der Waals surface area contributed by atoms with Gasteiger partial charge in [0.15, 0.2) is 11.7 Å². The maximum atomic E-state index is 8.68. The number of pyridine rings is 1. The average molecular weight is 259 g/mol. The first-order chi connectivity index (χ1) is 9.28. The minimum atomic E-state index is 0.00188. The molecule has 8 nitrogen and oxygen atoms in total. The van der Waals surface area contributed by atoms with Gasteiger partial charge in [-0.05, 0) is 12.1 Å². The van der Waals surface area contributed by atoms with Crippen LogP contribution in [0.2, 0.25) is 0 Å². The number of aromatic nitrogens is 4. The van der Waals surface area contributed by atoms with Crippen molar-refractivity contribution in [3.8, 4) is 0 Å². The molecule has 2 aromatic heterocycles. The third-order valence-electron chi connectivity index (χ3n) is 3.12. The first-order valence-corrected chi connectivity index (χ1v) is 5.83. The van der Waals surface area contributed by atoms with E-state index in [0.29, 0.717) is 12.2 Å². The maximum absolute atomic E-state index is 8.68. The van der Waals surface area contributed by atoms with E-state index in [1.807, 2.05) is 10.6 Å². The fourth-order valence-electron chi connectivity index (χ4n) is 2.09. The van der Waals surface area contributed by atoms with Crippen LogP contribution in [-0.4, -0.2) is 37.3 Å². The Bertz CT molecular complexity index is 621. The molecule has 0 saturated carbocycles. The first-order valence-electron chi connectivity index (χ1n) is 5.83. The second-order valence-electron chi connectivity index (χ2n) is 4.25. The highest BCUT2D eigenvalue weighted by Crippen LogP contribution is 2.19. The summed E-state index contributed by atoms with van der Waals surface area (Å²) in [4.78, 5) is 6.22. The van der Waals surface area contributed by atoms with Crippen molar-refractivity contribution in [2.24, 2.45) is 10.9 Å². The van der Waals surface area contributed by atoms with Gasteiger partial charge < -0.3 is 20.4 Å². The Balaban J connectivity index is 1.88. The molecule has 1 aliphatic rings. The average Bonchev–Trinajstić information content (AvgIpc) is 2.94. The lowest BCUT2D eigenvalue weighted by atomic mass is 10.2. The van der Waals surface area contributed by atoms with E-state index >= 15 is 0 Å². The zero-order chi connectivity index (χ0) is 13.2. The molecule has 3 N–H and O–H groups in total. The lowest BCUT2D eigenvalue weighted by Crippen LogP contribution is -2.33. The molecule has 2 aromatic rings. The smallest absolute Gasteiger partial charge is 0.188 e. The van der Waals surface area contributed by atoms with Crippen molar-refractivity contribution >= 4 is 11.5 Å². The summed E-state index contributed by atoms with van der Waals surface area (Å²) in [5.41, 5.74) is 6.96. The summed E-state index contributed by atoms with van der Waals surface area (Å²) < 4.78 is 2.03. The minimum absolute atomic E-state index is 0.00188. The Morgan fingerprint density at radius 3 is 3.16 bits per heavy atom. The third kappa shape index (κ3) is 2.07. The number of fused-ring (bicyclic) bond motifs is 1. The number of amidine groups is 1. The van der Waals surface area contributed by atoms with Crippen LogP contribution < -0.4 is 10.6 Å². The van der Waals surface area contributed by atoms with E-state index in [0.717, 1.165) is 24.6 Å². The van der Waals surface area contributed by atoms with Gasteiger partial charge in [0.2, 0.25) is 0 Å². The van der Waals surface area contributed by atoms with Gasteiger partial charge in [0.1, 0.15) is 12.0 Å². The fourth-order valence-corrected chi connectivity index (χ4v) is 2.09. The monoisotopic (exact) mass is 259 g/mol. The van der Waals surface area contributed by atoms with Crippen molar-refractivity contribution in [3.05, 3.63) is 36.2 Å².